The maximum Gasteiger partial charge on any atom is 0.308 e. The molecule has 0 aromatic carbocycles. The van der Waals surface area contributed by atoms with E-state index in [1.807, 2.05) is 0 Å². The fourth-order valence-corrected chi connectivity index (χ4v) is 2.42. The standard InChI is InChI=1S/C12H20N2O4/c15-11-2-1-10(12(16)17)9-14(11)4-3-13-5-7-18-8-6-13/h10H,1-9H2,(H,16,17)/t10-/m1/s1. The van der Waals surface area contributed by atoms with Gasteiger partial charge in [0.1, 0.15) is 0 Å². The molecule has 0 saturated carbocycles. The summed E-state index contributed by atoms with van der Waals surface area (Å²) >= 11 is 0. The summed E-state index contributed by atoms with van der Waals surface area (Å²) in [6.45, 7) is 5.06. The molecule has 6 nitrogen and oxygen atoms in total. The lowest BCUT2D eigenvalue weighted by molar-refractivity contribution is -0.147. The Hall–Kier alpha value is -1.14. The fourth-order valence-electron chi connectivity index (χ4n) is 2.42. The number of likely N-dealkylation sites (tertiary alicyclic amines) is 1. The number of morpholine rings is 1. The van der Waals surface area contributed by atoms with Crippen LogP contribution in [0.25, 0.3) is 0 Å². The van der Waals surface area contributed by atoms with Crippen LogP contribution >= 0.6 is 0 Å². The highest BCUT2D eigenvalue weighted by Gasteiger charge is 2.30. The molecule has 6 heteroatoms. The van der Waals surface area contributed by atoms with E-state index in [4.69, 9.17) is 9.84 Å². The minimum Gasteiger partial charge on any atom is -0.481 e. The van der Waals surface area contributed by atoms with Crippen LogP contribution in [0.4, 0.5) is 0 Å². The van der Waals surface area contributed by atoms with Crippen LogP contribution in [0.1, 0.15) is 12.8 Å². The molecule has 1 atom stereocenters. The molecule has 2 aliphatic heterocycles. The van der Waals surface area contributed by atoms with Gasteiger partial charge in [-0.25, -0.2) is 0 Å². The Bertz CT molecular complexity index is 315. The lowest BCUT2D eigenvalue weighted by Crippen LogP contribution is -2.47. The summed E-state index contributed by atoms with van der Waals surface area (Å²) in [5, 5.41) is 8.99. The van der Waals surface area contributed by atoms with Gasteiger partial charge >= 0.3 is 5.97 Å². The van der Waals surface area contributed by atoms with Gasteiger partial charge < -0.3 is 14.7 Å². The maximum absolute atomic E-state index is 11.7. The molecule has 0 aromatic heterocycles. The van der Waals surface area contributed by atoms with Gasteiger partial charge in [-0.15, -0.1) is 0 Å². The van der Waals surface area contributed by atoms with Gasteiger partial charge in [0.25, 0.3) is 0 Å². The Labute approximate surface area is 106 Å². The zero-order valence-corrected chi connectivity index (χ0v) is 10.5. The zero-order valence-electron chi connectivity index (χ0n) is 10.5. The SMILES string of the molecule is O=C(O)[C@@H]1CCC(=O)N(CCN2CCOCC2)C1. The fraction of sp³-hybridized carbons (Fsp3) is 0.833. The first-order valence-electron chi connectivity index (χ1n) is 6.47. The average molecular weight is 256 g/mol. The summed E-state index contributed by atoms with van der Waals surface area (Å²) < 4.78 is 5.26. The van der Waals surface area contributed by atoms with E-state index >= 15 is 0 Å². The summed E-state index contributed by atoms with van der Waals surface area (Å²) in [5.74, 6) is -1.10. The zero-order chi connectivity index (χ0) is 13.0. The predicted octanol–water partition coefficient (Wildman–Crippen LogP) is -0.358. The number of aliphatic carboxylic acids is 1. The van der Waals surface area contributed by atoms with Crippen LogP contribution < -0.4 is 0 Å². The van der Waals surface area contributed by atoms with Gasteiger partial charge in [-0.3, -0.25) is 14.5 Å². The van der Waals surface area contributed by atoms with Crippen molar-refractivity contribution in [1.82, 2.24) is 9.80 Å². The van der Waals surface area contributed by atoms with E-state index in [-0.39, 0.29) is 5.91 Å². The molecule has 0 aliphatic carbocycles. The number of nitrogens with zero attached hydrogens (tertiary/aromatic N) is 2. The third-order valence-corrected chi connectivity index (χ3v) is 3.64. The van der Waals surface area contributed by atoms with Gasteiger partial charge in [-0.2, -0.15) is 0 Å². The van der Waals surface area contributed by atoms with Crippen molar-refractivity contribution in [3.8, 4) is 0 Å². The van der Waals surface area contributed by atoms with Gasteiger partial charge in [0.2, 0.25) is 5.91 Å². The van der Waals surface area contributed by atoms with E-state index in [9.17, 15) is 9.59 Å². The Kier molecular flexibility index (Phi) is 4.54. The number of hydrogen-bond acceptors (Lipinski definition) is 4. The minimum absolute atomic E-state index is 0.0840. The molecule has 0 bridgehead atoms. The van der Waals surface area contributed by atoms with Crippen molar-refractivity contribution in [2.24, 2.45) is 5.92 Å². The van der Waals surface area contributed by atoms with E-state index in [0.717, 1.165) is 32.8 Å². The summed E-state index contributed by atoms with van der Waals surface area (Å²) in [6.07, 6.45) is 0.836. The van der Waals surface area contributed by atoms with Crippen LogP contribution in [0.2, 0.25) is 0 Å². The number of piperidine rings is 1. The van der Waals surface area contributed by atoms with Gasteiger partial charge in [0.15, 0.2) is 0 Å². The van der Waals surface area contributed by atoms with Crippen molar-refractivity contribution in [2.75, 3.05) is 45.9 Å². The second-order valence-electron chi connectivity index (χ2n) is 4.87. The number of rotatable bonds is 4. The lowest BCUT2D eigenvalue weighted by Gasteiger charge is -2.33. The van der Waals surface area contributed by atoms with Crippen LogP contribution in [-0.4, -0.2) is 72.7 Å². The molecular formula is C12H20N2O4. The van der Waals surface area contributed by atoms with Crippen LogP contribution in [-0.2, 0) is 14.3 Å². The van der Waals surface area contributed by atoms with Crippen LogP contribution in [0.15, 0.2) is 0 Å². The number of carboxylic acids is 1. The lowest BCUT2D eigenvalue weighted by atomic mass is 9.98. The molecule has 2 fully saturated rings. The number of ether oxygens (including phenoxy) is 1. The molecule has 1 N–H and O–H groups in total. The molecular weight excluding hydrogens is 236 g/mol. The molecule has 2 aliphatic rings. The molecule has 0 radical (unpaired) electrons. The van der Waals surface area contributed by atoms with Crippen LogP contribution in [0, 0.1) is 5.92 Å². The second kappa shape index (κ2) is 6.15. The summed E-state index contributed by atoms with van der Waals surface area (Å²) in [7, 11) is 0. The smallest absolute Gasteiger partial charge is 0.308 e. The first kappa shape index (κ1) is 13.3. The van der Waals surface area contributed by atoms with E-state index in [1.165, 1.54) is 0 Å². The molecule has 2 rings (SSSR count). The minimum atomic E-state index is -0.793. The summed E-state index contributed by atoms with van der Waals surface area (Å²) in [5.41, 5.74) is 0. The maximum atomic E-state index is 11.7. The van der Waals surface area contributed by atoms with E-state index < -0.39 is 11.9 Å². The average Bonchev–Trinajstić information content (AvgIpc) is 2.38. The van der Waals surface area contributed by atoms with Gasteiger partial charge in [-0.1, -0.05) is 0 Å². The molecule has 102 valence electrons. The second-order valence-corrected chi connectivity index (χ2v) is 4.87. The predicted molar refractivity (Wildman–Crippen MR) is 64.2 cm³/mol. The monoisotopic (exact) mass is 256 g/mol. The van der Waals surface area contributed by atoms with E-state index in [0.29, 0.717) is 25.9 Å². The molecule has 1 amide bonds. The summed E-state index contributed by atoms with van der Waals surface area (Å²) in [6, 6.07) is 0. The van der Waals surface area contributed by atoms with Crippen LogP contribution in [0.5, 0.6) is 0 Å². The number of carbonyl (C=O) groups is 2. The van der Waals surface area contributed by atoms with Crippen molar-refractivity contribution < 1.29 is 19.4 Å². The quantitative estimate of drug-likeness (QED) is 0.744. The van der Waals surface area contributed by atoms with E-state index in [2.05, 4.69) is 4.90 Å². The van der Waals surface area contributed by atoms with Gasteiger partial charge in [-0.05, 0) is 6.42 Å². The van der Waals surface area contributed by atoms with Crippen molar-refractivity contribution >= 4 is 11.9 Å². The van der Waals surface area contributed by atoms with Crippen molar-refractivity contribution in [3.05, 3.63) is 0 Å². The largest absolute Gasteiger partial charge is 0.481 e. The van der Waals surface area contributed by atoms with Crippen molar-refractivity contribution in [3.63, 3.8) is 0 Å². The van der Waals surface area contributed by atoms with Crippen molar-refractivity contribution in [2.45, 2.75) is 12.8 Å². The molecule has 0 spiro atoms. The third kappa shape index (κ3) is 3.43. The Balaban J connectivity index is 1.79. The van der Waals surface area contributed by atoms with Gasteiger partial charge in [0.05, 0.1) is 19.1 Å². The molecule has 0 aromatic rings. The number of amides is 1. The molecule has 2 heterocycles. The molecule has 2 saturated heterocycles. The summed E-state index contributed by atoms with van der Waals surface area (Å²) in [4.78, 5) is 26.6. The third-order valence-electron chi connectivity index (χ3n) is 3.64. The Morgan fingerprint density at radius 1 is 1.33 bits per heavy atom. The highest BCUT2D eigenvalue weighted by molar-refractivity contribution is 5.80. The Morgan fingerprint density at radius 2 is 2.06 bits per heavy atom. The van der Waals surface area contributed by atoms with Crippen molar-refractivity contribution in [1.29, 1.82) is 0 Å². The normalized spacial score (nSPS) is 26.3. The molecule has 0 unspecified atom stereocenters. The first-order chi connectivity index (χ1) is 8.66. The highest BCUT2D eigenvalue weighted by atomic mass is 16.5. The number of carbonyl (C=O) groups excluding carboxylic acids is 1. The van der Waals surface area contributed by atoms with Gasteiger partial charge in [0, 0.05) is 39.1 Å². The topological polar surface area (TPSA) is 70.1 Å². The number of hydrogen-bond donors (Lipinski definition) is 1. The van der Waals surface area contributed by atoms with E-state index in [1.54, 1.807) is 4.90 Å². The number of carboxylic acid groups (broad SMARTS) is 1. The van der Waals surface area contributed by atoms with Crippen LogP contribution in [0.3, 0.4) is 0 Å². The first-order valence-corrected chi connectivity index (χ1v) is 6.47. The highest BCUT2D eigenvalue weighted by Crippen LogP contribution is 2.17. The Morgan fingerprint density at radius 3 is 2.72 bits per heavy atom. The molecule has 18 heavy (non-hydrogen) atoms.